The first-order chi connectivity index (χ1) is 10.5. The van der Waals surface area contributed by atoms with Gasteiger partial charge < -0.3 is 9.47 Å². The van der Waals surface area contributed by atoms with Crippen LogP contribution in [0.5, 0.6) is 0 Å². The second kappa shape index (κ2) is 5.91. The Morgan fingerprint density at radius 1 is 1.22 bits per heavy atom. The van der Waals surface area contributed by atoms with Gasteiger partial charge in [0.25, 0.3) is 0 Å². The molecular weight excluding hydrogens is 296 g/mol. The van der Waals surface area contributed by atoms with Crippen LogP contribution in [0.4, 0.5) is 4.79 Å². The number of Topliss-reactive ketones (excluding diaryl/α,β-unsaturated/α-hetero) is 2. The molecule has 0 unspecified atom stereocenters. The summed E-state index contributed by atoms with van der Waals surface area (Å²) in [6.45, 7) is 11.2. The van der Waals surface area contributed by atoms with Crippen molar-refractivity contribution < 1.29 is 23.9 Å². The van der Waals surface area contributed by atoms with Crippen molar-refractivity contribution in [1.29, 1.82) is 0 Å². The topological polar surface area (TPSA) is 69.7 Å². The van der Waals surface area contributed by atoms with Crippen LogP contribution in [0.15, 0.2) is 0 Å². The highest BCUT2D eigenvalue weighted by molar-refractivity contribution is 6.05. The number of cyclic esters (lactones) is 2. The van der Waals surface area contributed by atoms with E-state index in [0.717, 1.165) is 12.8 Å². The molecule has 0 aromatic rings. The molecule has 0 radical (unpaired) electrons. The zero-order valence-electron chi connectivity index (χ0n) is 15.0. The summed E-state index contributed by atoms with van der Waals surface area (Å²) in [7, 11) is 0. The number of ether oxygens (including phenoxy) is 2. The molecule has 0 aromatic carbocycles. The quantitative estimate of drug-likeness (QED) is 0.584. The maximum Gasteiger partial charge on any atom is 0.509 e. The predicted molar refractivity (Wildman–Crippen MR) is 84.9 cm³/mol. The van der Waals surface area contributed by atoms with Gasteiger partial charge in [0.2, 0.25) is 0 Å². The lowest BCUT2D eigenvalue weighted by atomic mass is 9.61. The second-order valence-corrected chi connectivity index (χ2v) is 8.41. The Labute approximate surface area is 138 Å². The van der Waals surface area contributed by atoms with Gasteiger partial charge in [-0.25, -0.2) is 4.79 Å². The van der Waals surface area contributed by atoms with Crippen molar-refractivity contribution in [1.82, 2.24) is 0 Å². The van der Waals surface area contributed by atoms with E-state index < -0.39 is 23.8 Å². The van der Waals surface area contributed by atoms with Gasteiger partial charge in [-0.15, -0.1) is 0 Å². The summed E-state index contributed by atoms with van der Waals surface area (Å²) in [5.41, 5.74) is -1.05. The zero-order valence-corrected chi connectivity index (χ0v) is 15.0. The van der Waals surface area contributed by atoms with E-state index in [1.54, 1.807) is 13.8 Å². The van der Waals surface area contributed by atoms with Crippen LogP contribution in [-0.2, 0) is 19.1 Å². The lowest BCUT2D eigenvalue weighted by Gasteiger charge is -2.41. The standard InChI is InChI=1S/C18H28O5/c1-10(2)14(19)13-15(20)11(7-8-17(13,3)4)9-12-18(5,6)23-16(21)22-12/h10-13H,7-9H2,1-6H3/t11-,12-,13-/m1/s1. The maximum absolute atomic E-state index is 13.0. The van der Waals surface area contributed by atoms with Crippen molar-refractivity contribution in [2.24, 2.45) is 23.2 Å². The molecule has 0 N–H and O–H groups in total. The number of carbonyl (C=O) groups is 3. The van der Waals surface area contributed by atoms with Gasteiger partial charge in [0.1, 0.15) is 23.3 Å². The minimum atomic E-state index is -0.734. The van der Waals surface area contributed by atoms with Gasteiger partial charge in [0, 0.05) is 11.8 Å². The molecule has 23 heavy (non-hydrogen) atoms. The van der Waals surface area contributed by atoms with Crippen LogP contribution in [0, 0.1) is 23.2 Å². The Morgan fingerprint density at radius 3 is 2.30 bits per heavy atom. The summed E-state index contributed by atoms with van der Waals surface area (Å²) in [4.78, 5) is 36.9. The fourth-order valence-electron chi connectivity index (χ4n) is 3.70. The molecule has 1 aliphatic carbocycles. The molecule has 1 saturated carbocycles. The van der Waals surface area contributed by atoms with E-state index in [-0.39, 0.29) is 28.8 Å². The highest BCUT2D eigenvalue weighted by atomic mass is 16.8. The zero-order chi connectivity index (χ0) is 17.6. The molecule has 5 heteroatoms. The van der Waals surface area contributed by atoms with Crippen LogP contribution in [0.25, 0.3) is 0 Å². The first-order valence-electron chi connectivity index (χ1n) is 8.43. The minimum Gasteiger partial charge on any atom is -0.427 e. The summed E-state index contributed by atoms with van der Waals surface area (Å²) >= 11 is 0. The van der Waals surface area contributed by atoms with E-state index in [9.17, 15) is 14.4 Å². The van der Waals surface area contributed by atoms with Crippen LogP contribution in [0.1, 0.15) is 60.8 Å². The number of ketones is 2. The fourth-order valence-corrected chi connectivity index (χ4v) is 3.70. The third kappa shape index (κ3) is 3.43. The van der Waals surface area contributed by atoms with Crippen LogP contribution in [0.3, 0.4) is 0 Å². The first kappa shape index (κ1) is 18.0. The molecule has 130 valence electrons. The summed E-state index contributed by atoms with van der Waals surface area (Å²) in [6, 6.07) is 0. The molecule has 0 aromatic heterocycles. The van der Waals surface area contributed by atoms with Gasteiger partial charge >= 0.3 is 6.16 Å². The summed E-state index contributed by atoms with van der Waals surface area (Å²) in [6.07, 6.45) is 0.834. The van der Waals surface area contributed by atoms with Crippen LogP contribution >= 0.6 is 0 Å². The molecule has 1 heterocycles. The van der Waals surface area contributed by atoms with E-state index >= 15 is 0 Å². The fraction of sp³-hybridized carbons (Fsp3) is 0.833. The highest BCUT2D eigenvalue weighted by Gasteiger charge is 2.51. The second-order valence-electron chi connectivity index (χ2n) is 8.41. The third-order valence-electron chi connectivity index (χ3n) is 5.32. The van der Waals surface area contributed by atoms with Gasteiger partial charge in [0.15, 0.2) is 0 Å². The largest absolute Gasteiger partial charge is 0.509 e. The number of rotatable bonds is 4. The van der Waals surface area contributed by atoms with Gasteiger partial charge in [-0.05, 0) is 38.5 Å². The van der Waals surface area contributed by atoms with Crippen molar-refractivity contribution >= 4 is 17.7 Å². The van der Waals surface area contributed by atoms with Crippen molar-refractivity contribution in [2.45, 2.75) is 72.5 Å². The normalized spacial score (nSPS) is 32.6. The lowest BCUT2D eigenvalue weighted by molar-refractivity contribution is -0.146. The number of hydrogen-bond donors (Lipinski definition) is 0. The van der Waals surface area contributed by atoms with E-state index in [1.165, 1.54) is 0 Å². The predicted octanol–water partition coefficient (Wildman–Crippen LogP) is 3.54. The Balaban J connectivity index is 2.17. The molecule has 0 amide bonds. The van der Waals surface area contributed by atoms with Gasteiger partial charge in [-0.2, -0.15) is 0 Å². The SMILES string of the molecule is CC(C)C(=O)[C@@H]1C(=O)[C@@H](C[C@H]2OC(=O)OC2(C)C)CCC1(C)C. The third-order valence-corrected chi connectivity index (χ3v) is 5.32. The van der Waals surface area contributed by atoms with Crippen molar-refractivity contribution in [3.8, 4) is 0 Å². The summed E-state index contributed by atoms with van der Waals surface area (Å²) < 4.78 is 10.4. The minimum absolute atomic E-state index is 0.00120. The molecule has 2 fully saturated rings. The molecule has 2 rings (SSSR count). The van der Waals surface area contributed by atoms with Gasteiger partial charge in [-0.1, -0.05) is 27.7 Å². The van der Waals surface area contributed by atoms with Crippen LogP contribution < -0.4 is 0 Å². The molecule has 3 atom stereocenters. The smallest absolute Gasteiger partial charge is 0.427 e. The molecular formula is C18H28O5. The molecule has 0 spiro atoms. The maximum atomic E-state index is 13.0. The van der Waals surface area contributed by atoms with Crippen molar-refractivity contribution in [2.75, 3.05) is 0 Å². The van der Waals surface area contributed by atoms with Crippen molar-refractivity contribution in [3.63, 3.8) is 0 Å². The van der Waals surface area contributed by atoms with Crippen LogP contribution in [-0.4, -0.2) is 29.4 Å². The first-order valence-corrected chi connectivity index (χ1v) is 8.43. The molecule has 1 aliphatic heterocycles. The van der Waals surface area contributed by atoms with Crippen molar-refractivity contribution in [3.05, 3.63) is 0 Å². The molecule has 2 aliphatic rings. The Bertz CT molecular complexity index is 518. The lowest BCUT2D eigenvalue weighted by Crippen LogP contribution is -2.48. The average Bonchev–Trinajstić information content (AvgIpc) is 2.65. The molecule has 1 saturated heterocycles. The van der Waals surface area contributed by atoms with Crippen LogP contribution in [0.2, 0.25) is 0 Å². The summed E-state index contributed by atoms with van der Waals surface area (Å²) in [5.74, 6) is -0.967. The molecule has 5 nitrogen and oxygen atoms in total. The van der Waals surface area contributed by atoms with E-state index in [2.05, 4.69) is 0 Å². The Hall–Kier alpha value is -1.39. The average molecular weight is 324 g/mol. The summed E-state index contributed by atoms with van der Waals surface area (Å²) in [5, 5.41) is 0. The van der Waals surface area contributed by atoms with Gasteiger partial charge in [0.05, 0.1) is 5.92 Å². The molecule has 0 bridgehead atoms. The van der Waals surface area contributed by atoms with Gasteiger partial charge in [-0.3, -0.25) is 9.59 Å². The van der Waals surface area contributed by atoms with E-state index in [4.69, 9.17) is 9.47 Å². The highest BCUT2D eigenvalue weighted by Crippen LogP contribution is 2.45. The Kier molecular flexibility index (Phi) is 4.62. The number of carbonyl (C=O) groups excluding carboxylic acids is 3. The van der Waals surface area contributed by atoms with E-state index in [0.29, 0.717) is 6.42 Å². The Morgan fingerprint density at radius 2 is 1.83 bits per heavy atom. The number of hydrogen-bond acceptors (Lipinski definition) is 5. The monoisotopic (exact) mass is 324 g/mol. The van der Waals surface area contributed by atoms with E-state index in [1.807, 2.05) is 27.7 Å².